The third-order valence-electron chi connectivity index (χ3n) is 7.69. The van der Waals surface area contributed by atoms with E-state index in [1.54, 1.807) is 13.8 Å². The Morgan fingerprint density at radius 3 is 2.50 bits per heavy atom. The summed E-state index contributed by atoms with van der Waals surface area (Å²) in [6.07, 6.45) is 4.66. The van der Waals surface area contributed by atoms with Gasteiger partial charge in [-0.25, -0.2) is 0 Å². The van der Waals surface area contributed by atoms with Crippen LogP contribution < -0.4 is 5.32 Å². The van der Waals surface area contributed by atoms with Crippen LogP contribution in [0, 0.1) is 5.41 Å². The van der Waals surface area contributed by atoms with Crippen LogP contribution in [-0.4, -0.2) is 22.0 Å². The van der Waals surface area contributed by atoms with Crippen molar-refractivity contribution in [1.82, 2.24) is 10.3 Å². The van der Waals surface area contributed by atoms with Gasteiger partial charge in [0.1, 0.15) is 5.60 Å². The fourth-order valence-electron chi connectivity index (χ4n) is 5.53. The number of pyridine rings is 1. The van der Waals surface area contributed by atoms with Crippen LogP contribution in [0.2, 0.25) is 10.0 Å². The monoisotopic (exact) mass is 550 g/mol. The molecule has 0 spiro atoms. The zero-order valence-electron chi connectivity index (χ0n) is 22.3. The van der Waals surface area contributed by atoms with Crippen LogP contribution in [0.25, 0.3) is 0 Å². The number of amides is 1. The van der Waals surface area contributed by atoms with E-state index in [9.17, 15) is 9.90 Å². The van der Waals surface area contributed by atoms with Crippen molar-refractivity contribution >= 4 is 29.1 Å². The number of nitrogens with zero attached hydrogens (tertiary/aromatic N) is 1. The van der Waals surface area contributed by atoms with E-state index in [0.717, 1.165) is 29.7 Å². The van der Waals surface area contributed by atoms with Crippen molar-refractivity contribution < 1.29 is 9.90 Å². The first kappa shape index (κ1) is 28.4. The molecule has 1 aromatic heterocycles. The number of allylic oxidation sites excluding steroid dienone is 1. The van der Waals surface area contributed by atoms with Crippen LogP contribution in [0.4, 0.5) is 0 Å². The van der Waals surface area contributed by atoms with Gasteiger partial charge in [-0.05, 0) is 87.1 Å². The van der Waals surface area contributed by atoms with Crippen molar-refractivity contribution in [2.45, 2.75) is 69.9 Å². The number of nitrogens with one attached hydrogen (secondary N) is 1. The van der Waals surface area contributed by atoms with Crippen LogP contribution >= 0.6 is 23.2 Å². The largest absolute Gasteiger partial charge is 0.384 e. The summed E-state index contributed by atoms with van der Waals surface area (Å²) in [5.41, 5.74) is 2.15. The zero-order valence-corrected chi connectivity index (χ0v) is 23.8. The number of hydrogen-bond donors (Lipinski definition) is 2. The molecule has 0 saturated carbocycles. The molecule has 4 atom stereocenters. The lowest BCUT2D eigenvalue weighted by Gasteiger charge is -2.43. The minimum Gasteiger partial charge on any atom is -0.384 e. The Morgan fingerprint density at radius 2 is 1.84 bits per heavy atom. The predicted molar refractivity (Wildman–Crippen MR) is 156 cm³/mol. The van der Waals surface area contributed by atoms with Gasteiger partial charge in [-0.1, -0.05) is 66.5 Å². The molecule has 0 unspecified atom stereocenters. The molecular formula is C32H36Cl2N2O2. The second-order valence-electron chi connectivity index (χ2n) is 11.2. The number of piperidine rings is 1. The molecule has 2 N–H and O–H groups in total. The quantitative estimate of drug-likeness (QED) is 0.267. The molecule has 3 aromatic rings. The lowest BCUT2D eigenvalue weighted by Crippen LogP contribution is -2.53. The number of benzene rings is 2. The number of rotatable bonds is 9. The SMILES string of the molecule is C=CC[C@@]1(C)C[C@H](c2cccc(Cl)c2)[C@H](CC[C@@H](c2ccc(Cl)cc2)c2cccc(C(C)(C)O)n2)NC1=O. The molecule has 200 valence electrons. The van der Waals surface area contributed by atoms with Crippen molar-refractivity contribution in [2.24, 2.45) is 5.41 Å². The van der Waals surface area contributed by atoms with Crippen molar-refractivity contribution in [3.8, 4) is 0 Å². The van der Waals surface area contributed by atoms with E-state index >= 15 is 0 Å². The van der Waals surface area contributed by atoms with Gasteiger partial charge in [-0.2, -0.15) is 0 Å². The molecule has 38 heavy (non-hydrogen) atoms. The highest BCUT2D eigenvalue weighted by Crippen LogP contribution is 2.43. The summed E-state index contributed by atoms with van der Waals surface area (Å²) in [7, 11) is 0. The lowest BCUT2D eigenvalue weighted by atomic mass is 9.68. The average Bonchev–Trinajstić information content (AvgIpc) is 2.87. The molecule has 1 saturated heterocycles. The maximum atomic E-state index is 13.3. The first-order valence-electron chi connectivity index (χ1n) is 13.1. The van der Waals surface area contributed by atoms with Crippen LogP contribution in [0.15, 0.2) is 79.4 Å². The standard InChI is InChI=1S/C32H36Cl2N2O2/c1-5-18-32(4)20-26(22-8-6-9-24(34)19-22)28(36-30(32)37)17-16-25(21-12-14-23(33)15-13-21)27-10-7-11-29(35-27)31(2,3)38/h5-15,19,25-26,28,38H,1,16-18,20H2,2-4H3,(H,36,37)/t25-,26+,28-,32-/m0/s1. The van der Waals surface area contributed by atoms with Crippen molar-refractivity contribution in [2.75, 3.05) is 0 Å². The van der Waals surface area contributed by atoms with Crippen molar-refractivity contribution in [3.05, 3.63) is 112 Å². The van der Waals surface area contributed by atoms with Gasteiger partial charge >= 0.3 is 0 Å². The van der Waals surface area contributed by atoms with E-state index in [1.807, 2.05) is 73.7 Å². The summed E-state index contributed by atoms with van der Waals surface area (Å²) in [5, 5.41) is 15.3. The summed E-state index contributed by atoms with van der Waals surface area (Å²) in [6, 6.07) is 21.5. The number of carbonyl (C=O) groups excluding carboxylic acids is 1. The maximum absolute atomic E-state index is 13.3. The van der Waals surface area contributed by atoms with E-state index in [0.29, 0.717) is 28.6 Å². The Balaban J connectivity index is 1.67. The first-order chi connectivity index (χ1) is 18.0. The molecule has 0 radical (unpaired) electrons. The summed E-state index contributed by atoms with van der Waals surface area (Å²) in [5.74, 6) is 0.136. The normalized spacial score (nSPS) is 22.5. The molecule has 1 aliphatic heterocycles. The molecule has 4 rings (SSSR count). The van der Waals surface area contributed by atoms with Gasteiger partial charge < -0.3 is 10.4 Å². The van der Waals surface area contributed by atoms with Crippen molar-refractivity contribution in [3.63, 3.8) is 0 Å². The van der Waals surface area contributed by atoms with E-state index in [2.05, 4.69) is 18.0 Å². The molecule has 2 aromatic carbocycles. The molecule has 0 bridgehead atoms. The smallest absolute Gasteiger partial charge is 0.226 e. The van der Waals surface area contributed by atoms with Crippen LogP contribution in [0.3, 0.4) is 0 Å². The predicted octanol–water partition coefficient (Wildman–Crippen LogP) is 7.78. The molecular weight excluding hydrogens is 515 g/mol. The highest BCUT2D eigenvalue weighted by Gasteiger charge is 2.43. The number of halogens is 2. The molecule has 4 nitrogen and oxygen atoms in total. The fourth-order valence-corrected chi connectivity index (χ4v) is 5.86. The number of aromatic nitrogens is 1. The van der Waals surface area contributed by atoms with Gasteiger partial charge in [0.2, 0.25) is 5.91 Å². The minimum atomic E-state index is -1.05. The van der Waals surface area contributed by atoms with Gasteiger partial charge in [0, 0.05) is 33.6 Å². The summed E-state index contributed by atoms with van der Waals surface area (Å²) < 4.78 is 0. The summed E-state index contributed by atoms with van der Waals surface area (Å²) >= 11 is 12.6. The minimum absolute atomic E-state index is 0.0343. The highest BCUT2D eigenvalue weighted by molar-refractivity contribution is 6.30. The van der Waals surface area contributed by atoms with Crippen molar-refractivity contribution in [1.29, 1.82) is 0 Å². The number of aliphatic hydroxyl groups is 1. The molecule has 6 heteroatoms. The van der Waals surface area contributed by atoms with Gasteiger partial charge in [0.15, 0.2) is 0 Å². The molecule has 1 amide bonds. The highest BCUT2D eigenvalue weighted by atomic mass is 35.5. The van der Waals surface area contributed by atoms with E-state index in [1.165, 1.54) is 0 Å². The molecule has 2 heterocycles. The van der Waals surface area contributed by atoms with Gasteiger partial charge in [-0.3, -0.25) is 9.78 Å². The van der Waals surface area contributed by atoms with E-state index in [-0.39, 0.29) is 23.8 Å². The number of carbonyl (C=O) groups is 1. The van der Waals surface area contributed by atoms with Gasteiger partial charge in [0.05, 0.1) is 11.1 Å². The Bertz CT molecular complexity index is 1290. The van der Waals surface area contributed by atoms with Gasteiger partial charge in [0.25, 0.3) is 0 Å². The van der Waals surface area contributed by atoms with E-state index < -0.39 is 11.0 Å². The second-order valence-corrected chi connectivity index (χ2v) is 12.1. The summed E-state index contributed by atoms with van der Waals surface area (Å²) in [6.45, 7) is 9.38. The fraction of sp³-hybridized carbons (Fsp3) is 0.375. The number of hydrogen-bond acceptors (Lipinski definition) is 3. The maximum Gasteiger partial charge on any atom is 0.226 e. The van der Waals surface area contributed by atoms with Crippen LogP contribution in [0.5, 0.6) is 0 Å². The molecule has 1 fully saturated rings. The Kier molecular flexibility index (Phi) is 8.66. The Labute approximate surface area is 236 Å². The van der Waals surface area contributed by atoms with Gasteiger partial charge in [-0.15, -0.1) is 6.58 Å². The third-order valence-corrected chi connectivity index (χ3v) is 8.17. The summed E-state index contributed by atoms with van der Waals surface area (Å²) in [4.78, 5) is 18.2. The third kappa shape index (κ3) is 6.48. The second kappa shape index (κ2) is 11.6. The van der Waals surface area contributed by atoms with E-state index in [4.69, 9.17) is 28.2 Å². The zero-order chi connectivity index (χ0) is 27.5. The molecule has 1 aliphatic rings. The average molecular weight is 552 g/mol. The first-order valence-corrected chi connectivity index (χ1v) is 13.9. The lowest BCUT2D eigenvalue weighted by molar-refractivity contribution is -0.134. The van der Waals surface area contributed by atoms with Crippen LogP contribution in [0.1, 0.15) is 80.8 Å². The van der Waals surface area contributed by atoms with Crippen LogP contribution in [-0.2, 0) is 10.4 Å². The molecule has 0 aliphatic carbocycles. The Morgan fingerprint density at radius 1 is 1.13 bits per heavy atom. The Hall–Kier alpha value is -2.66. The topological polar surface area (TPSA) is 62.2 Å².